The molecule has 0 atom stereocenters. The first kappa shape index (κ1) is 24.8. The molecule has 0 radical (unpaired) electrons. The van der Waals surface area contributed by atoms with Gasteiger partial charge in [-0.1, -0.05) is 18.2 Å². The molecule has 0 aliphatic rings. The molecule has 174 valence electrons. The summed E-state index contributed by atoms with van der Waals surface area (Å²) in [6.45, 7) is 6.32. The van der Waals surface area contributed by atoms with Crippen LogP contribution in [0.1, 0.15) is 25.0 Å². The van der Waals surface area contributed by atoms with E-state index in [1.807, 2.05) is 56.3 Å². The van der Waals surface area contributed by atoms with Gasteiger partial charge >= 0.3 is 0 Å². The molecule has 0 saturated heterocycles. The highest BCUT2D eigenvalue weighted by Gasteiger charge is 2.07. The number of aliphatic imine (C=N–C) groups is 1. The number of amides is 1. The second kappa shape index (κ2) is 13.8. The Kier molecular flexibility index (Phi) is 10.7. The van der Waals surface area contributed by atoms with Crippen molar-refractivity contribution in [1.82, 2.24) is 16.0 Å². The van der Waals surface area contributed by atoms with Gasteiger partial charge < -0.3 is 30.2 Å². The minimum Gasteiger partial charge on any atom is -0.497 e. The van der Waals surface area contributed by atoms with E-state index in [0.29, 0.717) is 32.3 Å². The number of benzene rings is 2. The lowest BCUT2D eigenvalue weighted by Crippen LogP contribution is -2.43. The van der Waals surface area contributed by atoms with Gasteiger partial charge in [-0.25, -0.2) is 0 Å². The molecule has 2 aromatic carbocycles. The summed E-state index contributed by atoms with van der Waals surface area (Å²) < 4.78 is 16.4. The first-order chi connectivity index (χ1) is 15.6. The standard InChI is InChI=1S/C24H34N4O4/c1-5-31-21-12-9-18(15-22(21)32-6-2)13-14-26-24(25-3)28-17-23(29)27-16-19-7-10-20(30-4)11-8-19/h7-12,15H,5-6,13-14,16-17H2,1-4H3,(H,27,29)(H2,25,26,28). The largest absolute Gasteiger partial charge is 0.497 e. The van der Waals surface area contributed by atoms with E-state index in [4.69, 9.17) is 14.2 Å². The molecule has 0 aliphatic heterocycles. The van der Waals surface area contributed by atoms with Crippen molar-refractivity contribution < 1.29 is 19.0 Å². The summed E-state index contributed by atoms with van der Waals surface area (Å²) >= 11 is 0. The molecule has 32 heavy (non-hydrogen) atoms. The number of nitrogens with one attached hydrogen (secondary N) is 3. The zero-order valence-corrected chi connectivity index (χ0v) is 19.4. The Morgan fingerprint density at radius 1 is 0.906 bits per heavy atom. The minimum absolute atomic E-state index is 0.114. The summed E-state index contributed by atoms with van der Waals surface area (Å²) in [6, 6.07) is 13.5. The number of guanidine groups is 1. The van der Waals surface area contributed by atoms with E-state index in [1.165, 1.54) is 0 Å². The molecule has 0 spiro atoms. The Morgan fingerprint density at radius 2 is 1.59 bits per heavy atom. The summed E-state index contributed by atoms with van der Waals surface area (Å²) in [5.74, 6) is 2.75. The third-order valence-electron chi connectivity index (χ3n) is 4.60. The van der Waals surface area contributed by atoms with E-state index >= 15 is 0 Å². The van der Waals surface area contributed by atoms with Crippen LogP contribution in [0.25, 0.3) is 0 Å². The van der Waals surface area contributed by atoms with E-state index in [-0.39, 0.29) is 12.5 Å². The number of carbonyl (C=O) groups excluding carboxylic acids is 1. The van der Waals surface area contributed by atoms with Gasteiger partial charge in [-0.15, -0.1) is 0 Å². The molecule has 0 heterocycles. The summed E-state index contributed by atoms with van der Waals surface area (Å²) in [5, 5.41) is 9.13. The van der Waals surface area contributed by atoms with Crippen LogP contribution in [0.5, 0.6) is 17.2 Å². The third kappa shape index (κ3) is 8.37. The van der Waals surface area contributed by atoms with E-state index < -0.39 is 0 Å². The highest BCUT2D eigenvalue weighted by molar-refractivity contribution is 5.86. The van der Waals surface area contributed by atoms with Gasteiger partial charge in [-0.3, -0.25) is 9.79 Å². The van der Waals surface area contributed by atoms with Crippen molar-refractivity contribution >= 4 is 11.9 Å². The highest BCUT2D eigenvalue weighted by Crippen LogP contribution is 2.28. The molecule has 8 heteroatoms. The lowest BCUT2D eigenvalue weighted by Gasteiger charge is -2.14. The van der Waals surface area contributed by atoms with E-state index in [2.05, 4.69) is 20.9 Å². The van der Waals surface area contributed by atoms with Crippen LogP contribution in [-0.4, -0.2) is 52.3 Å². The minimum atomic E-state index is -0.114. The molecule has 0 fully saturated rings. The molecule has 0 saturated carbocycles. The molecule has 0 aromatic heterocycles. The molecule has 2 rings (SSSR count). The number of hydrogen-bond acceptors (Lipinski definition) is 5. The Morgan fingerprint density at radius 3 is 2.25 bits per heavy atom. The molecule has 3 N–H and O–H groups in total. The number of methoxy groups -OCH3 is 1. The fourth-order valence-electron chi connectivity index (χ4n) is 2.97. The topological polar surface area (TPSA) is 93.2 Å². The van der Waals surface area contributed by atoms with Crippen LogP contribution < -0.4 is 30.2 Å². The van der Waals surface area contributed by atoms with Gasteiger partial charge in [0.1, 0.15) is 5.75 Å². The molecular formula is C24H34N4O4. The highest BCUT2D eigenvalue weighted by atomic mass is 16.5. The molecule has 0 bridgehead atoms. The van der Waals surface area contributed by atoms with Gasteiger partial charge in [0, 0.05) is 20.1 Å². The summed E-state index contributed by atoms with van der Waals surface area (Å²) in [7, 11) is 3.30. The Labute approximate surface area is 190 Å². The maximum Gasteiger partial charge on any atom is 0.239 e. The van der Waals surface area contributed by atoms with E-state index in [1.54, 1.807) is 14.2 Å². The van der Waals surface area contributed by atoms with Gasteiger partial charge in [-0.05, 0) is 55.7 Å². The number of carbonyl (C=O) groups is 1. The lowest BCUT2D eigenvalue weighted by atomic mass is 10.1. The van der Waals surface area contributed by atoms with Crippen molar-refractivity contribution in [3.05, 3.63) is 53.6 Å². The fraction of sp³-hybridized carbons (Fsp3) is 0.417. The van der Waals surface area contributed by atoms with Crippen LogP contribution in [0.15, 0.2) is 47.5 Å². The summed E-state index contributed by atoms with van der Waals surface area (Å²) in [5.41, 5.74) is 2.13. The first-order valence-electron chi connectivity index (χ1n) is 10.8. The van der Waals surface area contributed by atoms with Crippen LogP contribution in [0.3, 0.4) is 0 Å². The van der Waals surface area contributed by atoms with E-state index in [0.717, 1.165) is 34.8 Å². The van der Waals surface area contributed by atoms with Gasteiger partial charge in [-0.2, -0.15) is 0 Å². The normalized spacial score (nSPS) is 10.9. The third-order valence-corrected chi connectivity index (χ3v) is 4.60. The van der Waals surface area contributed by atoms with Crippen LogP contribution in [-0.2, 0) is 17.8 Å². The van der Waals surface area contributed by atoms with Crippen molar-refractivity contribution in [3.63, 3.8) is 0 Å². The lowest BCUT2D eigenvalue weighted by molar-refractivity contribution is -0.120. The Balaban J connectivity index is 1.74. The number of ether oxygens (including phenoxy) is 3. The van der Waals surface area contributed by atoms with Crippen molar-refractivity contribution in [3.8, 4) is 17.2 Å². The summed E-state index contributed by atoms with van der Waals surface area (Å²) in [4.78, 5) is 16.3. The average molecular weight is 443 g/mol. The maximum absolute atomic E-state index is 12.1. The molecule has 0 aliphatic carbocycles. The Hall–Kier alpha value is -3.42. The van der Waals surface area contributed by atoms with Gasteiger partial charge in [0.05, 0.1) is 26.9 Å². The monoisotopic (exact) mass is 442 g/mol. The number of nitrogens with zero attached hydrogens (tertiary/aromatic N) is 1. The molecule has 8 nitrogen and oxygen atoms in total. The smallest absolute Gasteiger partial charge is 0.239 e. The SMILES string of the molecule is CCOc1ccc(CCNC(=NC)NCC(=O)NCc2ccc(OC)cc2)cc1OCC. The van der Waals surface area contributed by atoms with Crippen LogP contribution in [0, 0.1) is 0 Å². The number of hydrogen-bond donors (Lipinski definition) is 3. The van der Waals surface area contributed by atoms with Crippen LogP contribution in [0.4, 0.5) is 0 Å². The quantitative estimate of drug-likeness (QED) is 0.346. The molecule has 2 aromatic rings. The van der Waals surface area contributed by atoms with Crippen molar-refractivity contribution in [2.75, 3.05) is 40.5 Å². The average Bonchev–Trinajstić information content (AvgIpc) is 2.82. The first-order valence-corrected chi connectivity index (χ1v) is 10.8. The second-order valence-electron chi connectivity index (χ2n) is 6.87. The van der Waals surface area contributed by atoms with Crippen molar-refractivity contribution in [1.29, 1.82) is 0 Å². The van der Waals surface area contributed by atoms with E-state index in [9.17, 15) is 4.79 Å². The fourth-order valence-corrected chi connectivity index (χ4v) is 2.97. The van der Waals surface area contributed by atoms with Crippen LogP contribution >= 0.6 is 0 Å². The summed E-state index contributed by atoms with van der Waals surface area (Å²) in [6.07, 6.45) is 0.775. The molecule has 1 amide bonds. The predicted molar refractivity (Wildman–Crippen MR) is 127 cm³/mol. The van der Waals surface area contributed by atoms with Crippen LogP contribution in [0.2, 0.25) is 0 Å². The van der Waals surface area contributed by atoms with Crippen molar-refractivity contribution in [2.45, 2.75) is 26.8 Å². The zero-order chi connectivity index (χ0) is 23.2. The number of rotatable bonds is 12. The predicted octanol–water partition coefficient (Wildman–Crippen LogP) is 2.52. The molecular weight excluding hydrogens is 408 g/mol. The zero-order valence-electron chi connectivity index (χ0n) is 19.4. The van der Waals surface area contributed by atoms with Crippen molar-refractivity contribution in [2.24, 2.45) is 4.99 Å². The van der Waals surface area contributed by atoms with Gasteiger partial charge in [0.25, 0.3) is 0 Å². The second-order valence-corrected chi connectivity index (χ2v) is 6.87. The van der Waals surface area contributed by atoms with Gasteiger partial charge in [0.15, 0.2) is 17.5 Å². The maximum atomic E-state index is 12.1. The van der Waals surface area contributed by atoms with Gasteiger partial charge in [0.2, 0.25) is 5.91 Å². The Bertz CT molecular complexity index is 869. The molecule has 0 unspecified atom stereocenters.